The van der Waals surface area contributed by atoms with Crippen LogP contribution in [0.1, 0.15) is 6.92 Å². The quantitative estimate of drug-likeness (QED) is 0.474. The first-order valence-electron chi connectivity index (χ1n) is 3.11. The summed E-state index contributed by atoms with van der Waals surface area (Å²) >= 11 is 0. The second-order valence-corrected chi connectivity index (χ2v) is 2.35. The lowest BCUT2D eigenvalue weighted by atomic mass is 10.1. The summed E-state index contributed by atoms with van der Waals surface area (Å²) in [6.45, 7) is 0.0982. The average molecular weight is 228 g/mol. The van der Waals surface area contributed by atoms with Gasteiger partial charge in [0.1, 0.15) is 5.57 Å². The van der Waals surface area contributed by atoms with Crippen molar-refractivity contribution in [2.24, 2.45) is 0 Å². The van der Waals surface area contributed by atoms with Crippen LogP contribution in [-0.4, -0.2) is 18.8 Å². The maximum Gasteiger partial charge on any atom is 0.421 e. The van der Waals surface area contributed by atoms with Crippen molar-refractivity contribution >= 4 is 0 Å². The molecule has 84 valence electrons. The Morgan fingerprint density at radius 1 is 0.857 bits per heavy atom. The van der Waals surface area contributed by atoms with Gasteiger partial charge in [0.2, 0.25) is 0 Å². The van der Waals surface area contributed by atoms with E-state index in [4.69, 9.17) is 0 Å². The first-order valence-corrected chi connectivity index (χ1v) is 3.11. The summed E-state index contributed by atoms with van der Waals surface area (Å²) in [5.74, 6) is 0. The molecule has 8 heteroatoms. The number of hydrogen-bond acceptors (Lipinski definition) is 0. The molecule has 0 aromatic carbocycles. The molecule has 0 bridgehead atoms. The zero-order valence-electron chi connectivity index (χ0n) is 6.60. The third kappa shape index (κ3) is 3.15. The highest BCUT2D eigenvalue weighted by Gasteiger charge is 2.53. The standard InChI is InChI=1S/C6H4F8/c1-2(4(7)8)3(5(9,10)11)6(12,13)14/h4H,1H3. The highest BCUT2D eigenvalue weighted by molar-refractivity contribution is 5.23. The number of alkyl halides is 8. The van der Waals surface area contributed by atoms with Crippen molar-refractivity contribution in [3.63, 3.8) is 0 Å². The third-order valence-corrected chi connectivity index (χ3v) is 1.29. The van der Waals surface area contributed by atoms with Crippen molar-refractivity contribution in [3.05, 3.63) is 11.1 Å². The molecule has 14 heavy (non-hydrogen) atoms. The summed E-state index contributed by atoms with van der Waals surface area (Å²) in [6.07, 6.45) is -15.4. The molecular weight excluding hydrogens is 224 g/mol. The lowest BCUT2D eigenvalue weighted by Crippen LogP contribution is -2.29. The van der Waals surface area contributed by atoms with Crippen LogP contribution in [-0.2, 0) is 0 Å². The molecule has 0 nitrogen and oxygen atoms in total. The van der Waals surface area contributed by atoms with Gasteiger partial charge in [-0.3, -0.25) is 0 Å². The molecule has 0 heterocycles. The Morgan fingerprint density at radius 3 is 1.21 bits per heavy atom. The van der Waals surface area contributed by atoms with Crippen LogP contribution in [0.2, 0.25) is 0 Å². The lowest BCUT2D eigenvalue weighted by molar-refractivity contribution is -0.174. The number of rotatable bonds is 1. The van der Waals surface area contributed by atoms with Gasteiger partial charge in [0.25, 0.3) is 6.43 Å². The summed E-state index contributed by atoms with van der Waals surface area (Å²) < 4.78 is 93.7. The van der Waals surface area contributed by atoms with E-state index in [-0.39, 0.29) is 6.92 Å². The van der Waals surface area contributed by atoms with E-state index in [2.05, 4.69) is 0 Å². The van der Waals surface area contributed by atoms with Crippen molar-refractivity contribution in [1.29, 1.82) is 0 Å². The number of hydrogen-bond donors (Lipinski definition) is 0. The number of allylic oxidation sites excluding steroid dienone is 2. The molecule has 0 saturated carbocycles. The van der Waals surface area contributed by atoms with Crippen LogP contribution in [0.25, 0.3) is 0 Å². The maximum atomic E-state index is 11.7. The van der Waals surface area contributed by atoms with E-state index in [9.17, 15) is 35.1 Å². The van der Waals surface area contributed by atoms with Gasteiger partial charge in [-0.25, -0.2) is 8.78 Å². The second kappa shape index (κ2) is 3.74. The van der Waals surface area contributed by atoms with E-state index in [0.29, 0.717) is 0 Å². The number of halogens is 8. The van der Waals surface area contributed by atoms with E-state index in [1.807, 2.05) is 0 Å². The normalized spacial score (nSPS) is 13.3. The molecular formula is C6H4F8. The Morgan fingerprint density at radius 2 is 1.14 bits per heavy atom. The first-order chi connectivity index (χ1) is 5.98. The highest BCUT2D eigenvalue weighted by Crippen LogP contribution is 2.41. The second-order valence-electron chi connectivity index (χ2n) is 2.35. The van der Waals surface area contributed by atoms with Gasteiger partial charge in [0.15, 0.2) is 0 Å². The Labute approximate surface area is 73.2 Å². The average Bonchev–Trinajstić information content (AvgIpc) is 1.79. The highest BCUT2D eigenvalue weighted by atomic mass is 19.4. The Kier molecular flexibility index (Phi) is 3.52. The first kappa shape index (κ1) is 13.2. The van der Waals surface area contributed by atoms with Gasteiger partial charge >= 0.3 is 12.4 Å². The Hall–Kier alpha value is -0.820. The molecule has 0 aliphatic rings. The topological polar surface area (TPSA) is 0 Å². The minimum atomic E-state index is -5.82. The molecule has 0 radical (unpaired) electrons. The van der Waals surface area contributed by atoms with Gasteiger partial charge in [-0.05, 0) is 6.92 Å². The lowest BCUT2D eigenvalue weighted by Gasteiger charge is -2.17. The van der Waals surface area contributed by atoms with E-state index >= 15 is 0 Å². The van der Waals surface area contributed by atoms with Crippen molar-refractivity contribution in [2.75, 3.05) is 0 Å². The van der Waals surface area contributed by atoms with Crippen molar-refractivity contribution < 1.29 is 35.1 Å². The van der Waals surface area contributed by atoms with Crippen LogP contribution in [0.15, 0.2) is 11.1 Å². The molecule has 0 aliphatic carbocycles. The van der Waals surface area contributed by atoms with Crippen LogP contribution in [0.5, 0.6) is 0 Å². The summed E-state index contributed by atoms with van der Waals surface area (Å²) in [6, 6.07) is 0. The van der Waals surface area contributed by atoms with Gasteiger partial charge < -0.3 is 0 Å². The summed E-state index contributed by atoms with van der Waals surface area (Å²) in [4.78, 5) is 0. The van der Waals surface area contributed by atoms with Crippen molar-refractivity contribution in [1.82, 2.24) is 0 Å². The fourth-order valence-corrected chi connectivity index (χ4v) is 0.717. The van der Waals surface area contributed by atoms with Crippen LogP contribution < -0.4 is 0 Å². The monoisotopic (exact) mass is 228 g/mol. The fourth-order valence-electron chi connectivity index (χ4n) is 0.717. The molecule has 0 aromatic rings. The van der Waals surface area contributed by atoms with Crippen LogP contribution in [0.3, 0.4) is 0 Å². The molecule has 0 saturated heterocycles. The third-order valence-electron chi connectivity index (χ3n) is 1.29. The molecule has 0 atom stereocenters. The Bertz CT molecular complexity index is 213. The fraction of sp³-hybridized carbons (Fsp3) is 0.667. The smallest absolute Gasteiger partial charge is 0.205 e. The predicted molar refractivity (Wildman–Crippen MR) is 30.8 cm³/mol. The molecule has 0 spiro atoms. The van der Waals surface area contributed by atoms with Gasteiger partial charge in [-0.2, -0.15) is 26.3 Å². The van der Waals surface area contributed by atoms with Gasteiger partial charge in [0.05, 0.1) is 0 Å². The van der Waals surface area contributed by atoms with Crippen molar-refractivity contribution in [3.8, 4) is 0 Å². The molecule has 0 amide bonds. The zero-order valence-corrected chi connectivity index (χ0v) is 6.60. The molecule has 0 aliphatic heterocycles. The van der Waals surface area contributed by atoms with Gasteiger partial charge in [-0.1, -0.05) is 0 Å². The van der Waals surface area contributed by atoms with E-state index in [0.717, 1.165) is 0 Å². The zero-order chi connectivity index (χ0) is 11.7. The maximum absolute atomic E-state index is 11.7. The summed E-state index contributed by atoms with van der Waals surface area (Å²) in [5.41, 5.74) is -5.16. The van der Waals surface area contributed by atoms with Crippen LogP contribution >= 0.6 is 0 Å². The van der Waals surface area contributed by atoms with Crippen LogP contribution in [0, 0.1) is 0 Å². The van der Waals surface area contributed by atoms with Crippen molar-refractivity contribution in [2.45, 2.75) is 25.7 Å². The molecule has 0 fully saturated rings. The SMILES string of the molecule is CC(=C(C(F)(F)F)C(F)(F)F)C(F)F. The van der Waals surface area contributed by atoms with E-state index in [1.54, 1.807) is 0 Å². The van der Waals surface area contributed by atoms with E-state index < -0.39 is 29.9 Å². The molecule has 0 rings (SSSR count). The molecule has 0 unspecified atom stereocenters. The summed E-state index contributed by atoms with van der Waals surface area (Å²) in [7, 11) is 0. The predicted octanol–water partition coefficient (Wildman–Crippen LogP) is 3.69. The van der Waals surface area contributed by atoms with E-state index in [1.165, 1.54) is 0 Å². The van der Waals surface area contributed by atoms with Gasteiger partial charge in [-0.15, -0.1) is 0 Å². The summed E-state index contributed by atoms with van der Waals surface area (Å²) in [5, 5.41) is 0. The molecule has 0 aromatic heterocycles. The van der Waals surface area contributed by atoms with Crippen LogP contribution in [0.4, 0.5) is 35.1 Å². The largest absolute Gasteiger partial charge is 0.421 e. The Balaban J connectivity index is 5.46. The molecule has 0 N–H and O–H groups in total. The van der Waals surface area contributed by atoms with Gasteiger partial charge in [0, 0.05) is 5.57 Å². The minimum Gasteiger partial charge on any atom is -0.205 e. The minimum absolute atomic E-state index is 0.0982.